The van der Waals surface area contributed by atoms with Crippen LogP contribution in [0.15, 0.2) is 60.8 Å². The Bertz CT molecular complexity index is 1140. The summed E-state index contributed by atoms with van der Waals surface area (Å²) >= 11 is 12.5. The van der Waals surface area contributed by atoms with Gasteiger partial charge in [-0.15, -0.1) is 0 Å². The van der Waals surface area contributed by atoms with Crippen molar-refractivity contribution in [1.29, 1.82) is 0 Å². The molecule has 0 atom stereocenters. The molecule has 0 saturated heterocycles. The average Bonchev–Trinajstić information content (AvgIpc) is 3.07. The van der Waals surface area contributed by atoms with Gasteiger partial charge in [-0.05, 0) is 30.3 Å². The van der Waals surface area contributed by atoms with Crippen LogP contribution in [0, 0.1) is 0 Å². The van der Waals surface area contributed by atoms with Crippen LogP contribution in [0.4, 0.5) is 11.5 Å². The van der Waals surface area contributed by atoms with Crippen molar-refractivity contribution in [1.82, 2.24) is 14.6 Å². The van der Waals surface area contributed by atoms with E-state index in [1.54, 1.807) is 0 Å². The second-order valence-corrected chi connectivity index (χ2v) is 8.53. The molecule has 4 nitrogen and oxygen atoms in total. The second kappa shape index (κ2) is 7.12. The maximum atomic E-state index is 6.44. The Hall–Kier alpha value is -2.56. The number of benzene rings is 2. The number of anilines is 2. The summed E-state index contributed by atoms with van der Waals surface area (Å²) < 4.78 is 1.81. The van der Waals surface area contributed by atoms with E-state index in [0.29, 0.717) is 10.0 Å². The molecule has 0 bridgehead atoms. The van der Waals surface area contributed by atoms with Crippen LogP contribution >= 0.6 is 23.2 Å². The van der Waals surface area contributed by atoms with Gasteiger partial charge in [-0.25, -0.2) is 4.98 Å². The fraction of sp³-hybridized carbons (Fsp3) is 0.182. The molecular weight excluding hydrogens is 391 g/mol. The van der Waals surface area contributed by atoms with Crippen molar-refractivity contribution in [2.24, 2.45) is 0 Å². The lowest BCUT2D eigenvalue weighted by molar-refractivity contribution is 0.569. The molecule has 0 aliphatic heterocycles. The normalized spacial score (nSPS) is 11.8. The van der Waals surface area contributed by atoms with Gasteiger partial charge >= 0.3 is 0 Å². The van der Waals surface area contributed by atoms with Gasteiger partial charge in [0.2, 0.25) is 0 Å². The first-order chi connectivity index (χ1) is 13.3. The standard InChI is InChI=1S/C22H20Cl2N4/c1-22(2,3)19-12-20(26-15-10-8-14(23)9-11-15)28-21(27-19)17(13-25-28)16-6-4-5-7-18(16)24/h4-13,26H,1-3H3. The Morgan fingerprint density at radius 3 is 2.32 bits per heavy atom. The third kappa shape index (κ3) is 3.58. The van der Waals surface area contributed by atoms with Crippen LogP contribution in [0.1, 0.15) is 26.5 Å². The molecule has 2 heterocycles. The maximum Gasteiger partial charge on any atom is 0.165 e. The molecule has 0 unspecified atom stereocenters. The summed E-state index contributed by atoms with van der Waals surface area (Å²) in [4.78, 5) is 4.92. The first kappa shape index (κ1) is 18.8. The zero-order valence-electron chi connectivity index (χ0n) is 15.9. The van der Waals surface area contributed by atoms with E-state index in [1.165, 1.54) is 0 Å². The number of hydrogen-bond acceptors (Lipinski definition) is 3. The smallest absolute Gasteiger partial charge is 0.165 e. The molecule has 0 fully saturated rings. The Balaban J connectivity index is 1.92. The fourth-order valence-electron chi connectivity index (χ4n) is 2.99. The zero-order chi connectivity index (χ0) is 19.9. The van der Waals surface area contributed by atoms with E-state index in [0.717, 1.165) is 34.0 Å². The van der Waals surface area contributed by atoms with Gasteiger partial charge in [-0.1, -0.05) is 62.2 Å². The van der Waals surface area contributed by atoms with Crippen LogP contribution in [0.3, 0.4) is 0 Å². The number of aromatic nitrogens is 3. The van der Waals surface area contributed by atoms with Crippen molar-refractivity contribution >= 4 is 40.4 Å². The molecule has 142 valence electrons. The summed E-state index contributed by atoms with van der Waals surface area (Å²) in [6.07, 6.45) is 1.81. The molecule has 4 rings (SSSR count). The van der Waals surface area contributed by atoms with Crippen LogP contribution < -0.4 is 5.32 Å². The summed E-state index contributed by atoms with van der Waals surface area (Å²) in [5, 5.41) is 9.38. The molecule has 0 amide bonds. The Kier molecular flexibility index (Phi) is 4.77. The molecule has 0 aliphatic rings. The predicted molar refractivity (Wildman–Crippen MR) is 117 cm³/mol. The van der Waals surface area contributed by atoms with Crippen LogP contribution in [-0.2, 0) is 5.41 Å². The average molecular weight is 411 g/mol. The molecule has 1 N–H and O–H groups in total. The van der Waals surface area contributed by atoms with E-state index < -0.39 is 0 Å². The maximum absolute atomic E-state index is 6.44. The lowest BCUT2D eigenvalue weighted by Gasteiger charge is -2.20. The Labute approximate surface area is 174 Å². The van der Waals surface area contributed by atoms with Gasteiger partial charge in [-0.3, -0.25) is 0 Å². The highest BCUT2D eigenvalue weighted by atomic mass is 35.5. The molecule has 0 aliphatic carbocycles. The summed E-state index contributed by atoms with van der Waals surface area (Å²) in [7, 11) is 0. The highest BCUT2D eigenvalue weighted by molar-refractivity contribution is 6.33. The summed E-state index contributed by atoms with van der Waals surface area (Å²) in [5.74, 6) is 0.829. The van der Waals surface area contributed by atoms with Crippen molar-refractivity contribution in [2.45, 2.75) is 26.2 Å². The largest absolute Gasteiger partial charge is 0.340 e. The van der Waals surface area contributed by atoms with E-state index in [1.807, 2.05) is 65.3 Å². The van der Waals surface area contributed by atoms with Crippen molar-refractivity contribution in [2.75, 3.05) is 5.32 Å². The van der Waals surface area contributed by atoms with E-state index >= 15 is 0 Å². The highest BCUT2D eigenvalue weighted by Crippen LogP contribution is 2.33. The number of halogens is 2. The number of rotatable bonds is 3. The first-order valence-electron chi connectivity index (χ1n) is 9.00. The third-order valence-electron chi connectivity index (χ3n) is 4.52. The topological polar surface area (TPSA) is 42.2 Å². The van der Waals surface area contributed by atoms with E-state index in [2.05, 4.69) is 31.2 Å². The molecule has 2 aromatic carbocycles. The second-order valence-electron chi connectivity index (χ2n) is 7.68. The van der Waals surface area contributed by atoms with Crippen LogP contribution in [0.5, 0.6) is 0 Å². The number of hydrogen-bond donors (Lipinski definition) is 1. The van der Waals surface area contributed by atoms with Gasteiger partial charge in [-0.2, -0.15) is 9.61 Å². The van der Waals surface area contributed by atoms with Gasteiger partial charge in [0, 0.05) is 38.3 Å². The number of nitrogens with zero attached hydrogens (tertiary/aromatic N) is 3. The van der Waals surface area contributed by atoms with Gasteiger partial charge in [0.1, 0.15) is 5.82 Å². The minimum atomic E-state index is -0.125. The molecule has 0 radical (unpaired) electrons. The Morgan fingerprint density at radius 2 is 1.64 bits per heavy atom. The Morgan fingerprint density at radius 1 is 0.929 bits per heavy atom. The SMILES string of the molecule is CC(C)(C)c1cc(Nc2ccc(Cl)cc2)n2ncc(-c3ccccc3Cl)c2n1. The fourth-order valence-corrected chi connectivity index (χ4v) is 3.35. The van der Waals surface area contributed by atoms with Gasteiger partial charge in [0.15, 0.2) is 5.65 Å². The molecule has 0 spiro atoms. The van der Waals surface area contributed by atoms with Crippen molar-refractivity contribution in [3.05, 3.63) is 76.5 Å². The molecule has 4 aromatic rings. The molecule has 28 heavy (non-hydrogen) atoms. The molecule has 6 heteroatoms. The summed E-state index contributed by atoms with van der Waals surface area (Å²) in [6.45, 7) is 6.43. The van der Waals surface area contributed by atoms with Crippen molar-refractivity contribution < 1.29 is 0 Å². The van der Waals surface area contributed by atoms with Gasteiger partial charge in [0.25, 0.3) is 0 Å². The minimum absolute atomic E-state index is 0.125. The van der Waals surface area contributed by atoms with E-state index in [4.69, 9.17) is 28.2 Å². The van der Waals surface area contributed by atoms with Crippen molar-refractivity contribution in [3.63, 3.8) is 0 Å². The highest BCUT2D eigenvalue weighted by Gasteiger charge is 2.21. The van der Waals surface area contributed by atoms with Gasteiger partial charge in [0.05, 0.1) is 11.9 Å². The minimum Gasteiger partial charge on any atom is -0.340 e. The third-order valence-corrected chi connectivity index (χ3v) is 5.10. The quantitative estimate of drug-likeness (QED) is 0.406. The van der Waals surface area contributed by atoms with E-state index in [-0.39, 0.29) is 5.41 Å². The van der Waals surface area contributed by atoms with Gasteiger partial charge < -0.3 is 5.32 Å². The zero-order valence-corrected chi connectivity index (χ0v) is 17.4. The van der Waals surface area contributed by atoms with Crippen LogP contribution in [0.25, 0.3) is 16.8 Å². The van der Waals surface area contributed by atoms with E-state index in [9.17, 15) is 0 Å². The molecule has 2 aromatic heterocycles. The number of nitrogens with one attached hydrogen (secondary N) is 1. The molecular formula is C22H20Cl2N4. The lowest BCUT2D eigenvalue weighted by atomic mass is 9.92. The first-order valence-corrected chi connectivity index (χ1v) is 9.75. The number of fused-ring (bicyclic) bond motifs is 1. The lowest BCUT2D eigenvalue weighted by Crippen LogP contribution is -2.16. The van der Waals surface area contributed by atoms with Crippen molar-refractivity contribution in [3.8, 4) is 11.1 Å². The summed E-state index contributed by atoms with van der Waals surface area (Å²) in [5.41, 5.74) is 4.33. The van der Waals surface area contributed by atoms with Crippen LogP contribution in [-0.4, -0.2) is 14.6 Å². The predicted octanol–water partition coefficient (Wildman–Crippen LogP) is 6.74. The monoisotopic (exact) mass is 410 g/mol. The van der Waals surface area contributed by atoms with Crippen LogP contribution in [0.2, 0.25) is 10.0 Å². The summed E-state index contributed by atoms with van der Waals surface area (Å²) in [6, 6.07) is 17.3. The molecule has 0 saturated carbocycles.